The first-order valence-electron chi connectivity index (χ1n) is 7.02. The quantitative estimate of drug-likeness (QED) is 0.838. The number of nitrogens with one attached hydrogen (secondary N) is 2. The minimum absolute atomic E-state index is 0.0496. The van der Waals surface area contributed by atoms with Crippen molar-refractivity contribution in [3.63, 3.8) is 0 Å². The van der Waals surface area contributed by atoms with Crippen LogP contribution in [0.25, 0.3) is 0 Å². The van der Waals surface area contributed by atoms with E-state index < -0.39 is 10.0 Å². The fraction of sp³-hybridized carbons (Fsp3) is 0.500. The summed E-state index contributed by atoms with van der Waals surface area (Å²) in [6, 6.07) is 4.45. The van der Waals surface area contributed by atoms with Crippen LogP contribution in [0.3, 0.4) is 0 Å². The average molecular weight is 312 g/mol. The number of sulfonamides is 1. The van der Waals surface area contributed by atoms with Crippen molar-refractivity contribution in [1.29, 1.82) is 0 Å². The van der Waals surface area contributed by atoms with Gasteiger partial charge in [0.25, 0.3) is 5.91 Å². The first kappa shape index (κ1) is 15.8. The Labute approximate surface area is 124 Å². The number of benzene rings is 1. The Kier molecular flexibility index (Phi) is 4.84. The molecular formula is C14H20N2O4S. The fourth-order valence-electron chi connectivity index (χ4n) is 2.12. The number of carbonyl (C=O) groups excluding carboxylic acids is 1. The van der Waals surface area contributed by atoms with E-state index in [1.54, 1.807) is 6.07 Å². The van der Waals surface area contributed by atoms with Gasteiger partial charge < -0.3 is 10.1 Å². The Morgan fingerprint density at radius 3 is 2.71 bits per heavy atom. The van der Waals surface area contributed by atoms with Gasteiger partial charge in [0.1, 0.15) is 5.75 Å². The number of amides is 1. The van der Waals surface area contributed by atoms with Crippen LogP contribution in [-0.4, -0.2) is 27.5 Å². The van der Waals surface area contributed by atoms with Crippen LogP contribution in [0.2, 0.25) is 0 Å². The maximum atomic E-state index is 12.3. The molecule has 116 valence electrons. The van der Waals surface area contributed by atoms with E-state index in [-0.39, 0.29) is 17.4 Å². The van der Waals surface area contributed by atoms with Gasteiger partial charge in [-0.1, -0.05) is 26.7 Å². The van der Waals surface area contributed by atoms with Crippen molar-refractivity contribution in [3.05, 3.63) is 18.2 Å². The van der Waals surface area contributed by atoms with Crippen LogP contribution in [0.15, 0.2) is 23.1 Å². The summed E-state index contributed by atoms with van der Waals surface area (Å²) in [7, 11) is -3.58. The van der Waals surface area contributed by atoms with Gasteiger partial charge in [-0.05, 0) is 24.1 Å². The molecule has 1 aliphatic heterocycles. The number of hydrogen-bond acceptors (Lipinski definition) is 4. The van der Waals surface area contributed by atoms with E-state index >= 15 is 0 Å². The molecule has 0 unspecified atom stereocenters. The van der Waals surface area contributed by atoms with Gasteiger partial charge in [-0.25, -0.2) is 13.1 Å². The Morgan fingerprint density at radius 1 is 1.33 bits per heavy atom. The van der Waals surface area contributed by atoms with Gasteiger partial charge in [0, 0.05) is 6.54 Å². The molecule has 0 bridgehead atoms. The van der Waals surface area contributed by atoms with Crippen molar-refractivity contribution in [3.8, 4) is 5.75 Å². The topological polar surface area (TPSA) is 84.5 Å². The van der Waals surface area contributed by atoms with Crippen LogP contribution in [0.5, 0.6) is 5.75 Å². The van der Waals surface area contributed by atoms with Crippen LogP contribution in [0.1, 0.15) is 26.7 Å². The predicted molar refractivity (Wildman–Crippen MR) is 79.8 cm³/mol. The smallest absolute Gasteiger partial charge is 0.262 e. The second-order valence-electron chi connectivity index (χ2n) is 5.03. The molecule has 0 atom stereocenters. The van der Waals surface area contributed by atoms with E-state index in [1.165, 1.54) is 12.1 Å². The summed E-state index contributed by atoms with van der Waals surface area (Å²) in [5, 5.41) is 2.60. The molecular weight excluding hydrogens is 292 g/mol. The van der Waals surface area contributed by atoms with E-state index in [4.69, 9.17) is 4.74 Å². The summed E-state index contributed by atoms with van der Waals surface area (Å²) >= 11 is 0. The van der Waals surface area contributed by atoms with Crippen LogP contribution >= 0.6 is 0 Å². The largest absolute Gasteiger partial charge is 0.482 e. The van der Waals surface area contributed by atoms with Gasteiger partial charge in [-0.2, -0.15) is 0 Å². The van der Waals surface area contributed by atoms with Gasteiger partial charge in [0.15, 0.2) is 6.61 Å². The van der Waals surface area contributed by atoms with Crippen LogP contribution in [0, 0.1) is 5.92 Å². The maximum Gasteiger partial charge on any atom is 0.262 e. The lowest BCUT2D eigenvalue weighted by molar-refractivity contribution is -0.118. The summed E-state index contributed by atoms with van der Waals surface area (Å²) in [5.74, 6) is 0.510. The second kappa shape index (κ2) is 6.44. The monoisotopic (exact) mass is 312 g/mol. The normalized spacial score (nSPS) is 14.5. The number of ether oxygens (including phenoxy) is 1. The van der Waals surface area contributed by atoms with E-state index in [9.17, 15) is 13.2 Å². The standard InChI is InChI=1S/C14H20N2O4S/c1-3-10(4-2)8-15-21(18,19)11-5-6-13-12(7-11)16-14(17)9-20-13/h5-7,10,15H,3-4,8-9H2,1-2H3,(H,16,17). The van der Waals surface area contributed by atoms with Crippen molar-refractivity contribution in [1.82, 2.24) is 4.72 Å². The molecule has 7 heteroatoms. The Hall–Kier alpha value is -1.60. The highest BCUT2D eigenvalue weighted by Gasteiger charge is 2.21. The summed E-state index contributed by atoms with van der Waals surface area (Å²) in [6.45, 7) is 4.43. The summed E-state index contributed by atoms with van der Waals surface area (Å²) in [5.41, 5.74) is 0.386. The predicted octanol–water partition coefficient (Wildman–Crippen LogP) is 1.73. The molecule has 0 aliphatic carbocycles. The van der Waals surface area contributed by atoms with Crippen LogP contribution < -0.4 is 14.8 Å². The molecule has 1 aliphatic rings. The zero-order chi connectivity index (χ0) is 15.5. The van der Waals surface area contributed by atoms with Gasteiger partial charge in [-0.3, -0.25) is 4.79 Å². The SMILES string of the molecule is CCC(CC)CNS(=O)(=O)c1ccc2c(c1)NC(=O)CO2. The number of rotatable bonds is 6. The van der Waals surface area contributed by atoms with Crippen molar-refractivity contribution < 1.29 is 17.9 Å². The van der Waals surface area contributed by atoms with E-state index in [1.807, 2.05) is 13.8 Å². The van der Waals surface area contributed by atoms with Crippen molar-refractivity contribution >= 4 is 21.6 Å². The first-order chi connectivity index (χ1) is 9.96. The average Bonchev–Trinajstić information content (AvgIpc) is 2.47. The number of carbonyl (C=O) groups is 1. The molecule has 0 spiro atoms. The minimum Gasteiger partial charge on any atom is -0.482 e. The zero-order valence-corrected chi connectivity index (χ0v) is 13.0. The summed E-state index contributed by atoms with van der Waals surface area (Å²) in [6.07, 6.45) is 1.85. The molecule has 0 radical (unpaired) electrons. The highest BCUT2D eigenvalue weighted by atomic mass is 32.2. The lowest BCUT2D eigenvalue weighted by atomic mass is 10.0. The Balaban J connectivity index is 2.17. The summed E-state index contributed by atoms with van der Waals surface area (Å²) < 4.78 is 32.4. The van der Waals surface area contributed by atoms with E-state index in [0.29, 0.717) is 23.9 Å². The third kappa shape index (κ3) is 3.74. The molecule has 0 fully saturated rings. The van der Waals surface area contributed by atoms with E-state index in [2.05, 4.69) is 10.0 Å². The number of hydrogen-bond donors (Lipinski definition) is 2. The van der Waals surface area contributed by atoms with Crippen LogP contribution in [0.4, 0.5) is 5.69 Å². The molecule has 1 aromatic rings. The third-order valence-electron chi connectivity index (χ3n) is 3.61. The minimum atomic E-state index is -3.58. The molecule has 6 nitrogen and oxygen atoms in total. The fourth-order valence-corrected chi connectivity index (χ4v) is 3.26. The molecule has 1 amide bonds. The van der Waals surface area contributed by atoms with Gasteiger partial charge in [-0.15, -0.1) is 0 Å². The van der Waals surface area contributed by atoms with Gasteiger partial charge in [0.05, 0.1) is 10.6 Å². The third-order valence-corrected chi connectivity index (χ3v) is 5.03. The maximum absolute atomic E-state index is 12.3. The summed E-state index contributed by atoms with van der Waals surface area (Å²) in [4.78, 5) is 11.4. The molecule has 21 heavy (non-hydrogen) atoms. The molecule has 1 aromatic carbocycles. The molecule has 0 saturated carbocycles. The lowest BCUT2D eigenvalue weighted by Crippen LogP contribution is -2.30. The van der Waals surface area contributed by atoms with Crippen molar-refractivity contribution in [2.75, 3.05) is 18.5 Å². The van der Waals surface area contributed by atoms with Gasteiger partial charge in [0.2, 0.25) is 10.0 Å². The molecule has 0 aromatic heterocycles. The zero-order valence-electron chi connectivity index (χ0n) is 12.2. The van der Waals surface area contributed by atoms with Gasteiger partial charge >= 0.3 is 0 Å². The Morgan fingerprint density at radius 2 is 2.05 bits per heavy atom. The highest BCUT2D eigenvalue weighted by Crippen LogP contribution is 2.30. The second-order valence-corrected chi connectivity index (χ2v) is 6.80. The first-order valence-corrected chi connectivity index (χ1v) is 8.51. The molecule has 1 heterocycles. The van der Waals surface area contributed by atoms with Crippen molar-refractivity contribution in [2.24, 2.45) is 5.92 Å². The van der Waals surface area contributed by atoms with E-state index in [0.717, 1.165) is 12.8 Å². The Bertz CT molecular complexity index is 624. The van der Waals surface area contributed by atoms with Crippen LogP contribution in [-0.2, 0) is 14.8 Å². The molecule has 2 N–H and O–H groups in total. The van der Waals surface area contributed by atoms with Crippen molar-refractivity contribution in [2.45, 2.75) is 31.6 Å². The lowest BCUT2D eigenvalue weighted by Gasteiger charge is -2.19. The molecule has 0 saturated heterocycles. The molecule has 2 rings (SSSR count). The number of anilines is 1. The number of fused-ring (bicyclic) bond motifs is 1. The highest BCUT2D eigenvalue weighted by molar-refractivity contribution is 7.89.